The molecule has 0 N–H and O–H groups in total. The second-order valence-electron chi connectivity index (χ2n) is 14.5. The Morgan fingerprint density at radius 1 is 0.368 bits per heavy atom. The summed E-state index contributed by atoms with van der Waals surface area (Å²) in [7, 11) is 0. The molecule has 57 heavy (non-hydrogen) atoms. The van der Waals surface area contributed by atoms with Gasteiger partial charge in [0.2, 0.25) is 0 Å². The molecule has 0 aromatic rings. The van der Waals surface area contributed by atoms with Crippen molar-refractivity contribution in [2.45, 2.75) is 194 Å². The van der Waals surface area contributed by atoms with E-state index in [1.165, 1.54) is 51.4 Å². The Balaban J connectivity index is 4.49. The van der Waals surface area contributed by atoms with E-state index in [4.69, 9.17) is 14.2 Å². The number of ether oxygens (including phenoxy) is 3. The lowest BCUT2D eigenvalue weighted by molar-refractivity contribution is -0.166. The minimum absolute atomic E-state index is 0.118. The molecule has 0 rings (SSSR count). The van der Waals surface area contributed by atoms with Crippen molar-refractivity contribution in [1.82, 2.24) is 0 Å². The number of hydrogen-bond acceptors (Lipinski definition) is 6. The monoisotopic (exact) mass is 791 g/mol. The Morgan fingerprint density at radius 2 is 0.719 bits per heavy atom. The summed E-state index contributed by atoms with van der Waals surface area (Å²) in [5.74, 6) is -1.05. The van der Waals surface area contributed by atoms with Gasteiger partial charge in [-0.2, -0.15) is 0 Å². The molecule has 1 unspecified atom stereocenters. The van der Waals surface area contributed by atoms with Gasteiger partial charge in [0.25, 0.3) is 0 Å². The Hall–Kier alpha value is -3.67. The van der Waals surface area contributed by atoms with Gasteiger partial charge in [-0.3, -0.25) is 14.4 Å². The van der Waals surface area contributed by atoms with Crippen molar-refractivity contribution in [1.29, 1.82) is 0 Å². The number of carbonyl (C=O) groups is 3. The fraction of sp³-hybridized carbons (Fsp3) is 0.627. The van der Waals surface area contributed by atoms with Gasteiger partial charge in [0.15, 0.2) is 6.10 Å². The highest BCUT2D eigenvalue weighted by atomic mass is 16.6. The van der Waals surface area contributed by atoms with Gasteiger partial charge in [0, 0.05) is 19.3 Å². The van der Waals surface area contributed by atoms with Crippen molar-refractivity contribution in [2.24, 2.45) is 0 Å². The average molecular weight is 791 g/mol. The molecule has 322 valence electrons. The van der Waals surface area contributed by atoms with Crippen LogP contribution in [0.1, 0.15) is 188 Å². The first kappa shape index (κ1) is 53.3. The number of rotatable bonds is 39. The maximum Gasteiger partial charge on any atom is 0.306 e. The fourth-order valence-electron chi connectivity index (χ4n) is 5.74. The van der Waals surface area contributed by atoms with Crippen molar-refractivity contribution < 1.29 is 28.6 Å². The Bertz CT molecular complexity index is 1180. The van der Waals surface area contributed by atoms with Crippen LogP contribution in [0.15, 0.2) is 97.2 Å². The summed E-state index contributed by atoms with van der Waals surface area (Å²) in [6.07, 6.45) is 58.4. The summed E-state index contributed by atoms with van der Waals surface area (Å²) in [5.41, 5.74) is 0. The Labute approximate surface area is 349 Å². The molecule has 0 radical (unpaired) electrons. The van der Waals surface area contributed by atoms with Crippen LogP contribution in [0.4, 0.5) is 0 Å². The number of esters is 3. The lowest BCUT2D eigenvalue weighted by atomic mass is 10.1. The zero-order valence-electron chi connectivity index (χ0n) is 36.6. The van der Waals surface area contributed by atoms with E-state index in [2.05, 4.69) is 106 Å². The van der Waals surface area contributed by atoms with Gasteiger partial charge in [-0.1, -0.05) is 182 Å². The van der Waals surface area contributed by atoms with Gasteiger partial charge in [-0.15, -0.1) is 0 Å². The fourth-order valence-corrected chi connectivity index (χ4v) is 5.74. The second kappa shape index (κ2) is 45.0. The maximum atomic E-state index is 12.7. The van der Waals surface area contributed by atoms with Crippen LogP contribution in [-0.2, 0) is 28.6 Å². The predicted molar refractivity (Wildman–Crippen MR) is 242 cm³/mol. The maximum absolute atomic E-state index is 12.7. The highest BCUT2D eigenvalue weighted by Crippen LogP contribution is 2.13. The van der Waals surface area contributed by atoms with E-state index in [-0.39, 0.29) is 37.5 Å². The summed E-state index contributed by atoms with van der Waals surface area (Å²) >= 11 is 0. The van der Waals surface area contributed by atoms with Crippen molar-refractivity contribution in [3.63, 3.8) is 0 Å². The minimum Gasteiger partial charge on any atom is -0.462 e. The molecule has 0 bridgehead atoms. The largest absolute Gasteiger partial charge is 0.462 e. The lowest BCUT2D eigenvalue weighted by Gasteiger charge is -2.18. The van der Waals surface area contributed by atoms with Crippen LogP contribution < -0.4 is 0 Å². The molecule has 0 aliphatic rings. The first-order chi connectivity index (χ1) is 28.0. The second-order valence-corrected chi connectivity index (χ2v) is 14.5. The minimum atomic E-state index is -0.817. The smallest absolute Gasteiger partial charge is 0.306 e. The molecule has 0 aliphatic heterocycles. The molecule has 0 saturated carbocycles. The molecule has 6 heteroatoms. The molecule has 0 heterocycles. The summed E-state index contributed by atoms with van der Waals surface area (Å²) in [4.78, 5) is 37.6. The lowest BCUT2D eigenvalue weighted by Crippen LogP contribution is -2.30. The van der Waals surface area contributed by atoms with Gasteiger partial charge in [0.1, 0.15) is 13.2 Å². The van der Waals surface area contributed by atoms with E-state index in [1.807, 2.05) is 12.2 Å². The third-order valence-electron chi connectivity index (χ3n) is 9.10. The molecule has 0 aliphatic carbocycles. The third-order valence-corrected chi connectivity index (χ3v) is 9.10. The Kier molecular flexibility index (Phi) is 42.1. The molecule has 0 aromatic heterocycles. The summed E-state index contributed by atoms with van der Waals surface area (Å²) in [5, 5.41) is 0. The molecule has 0 fully saturated rings. The normalized spacial score (nSPS) is 13.0. The van der Waals surface area contributed by atoms with Crippen LogP contribution in [0.25, 0.3) is 0 Å². The Morgan fingerprint density at radius 3 is 1.18 bits per heavy atom. The van der Waals surface area contributed by atoms with Crippen LogP contribution >= 0.6 is 0 Å². The van der Waals surface area contributed by atoms with Crippen LogP contribution in [0.5, 0.6) is 0 Å². The molecular weight excluding hydrogens is 709 g/mol. The molecule has 1 atom stereocenters. The summed E-state index contributed by atoms with van der Waals surface area (Å²) in [6.45, 7) is 6.26. The van der Waals surface area contributed by atoms with E-state index in [1.54, 1.807) is 0 Å². The quantitative estimate of drug-likeness (QED) is 0.0267. The van der Waals surface area contributed by atoms with Gasteiger partial charge < -0.3 is 14.2 Å². The van der Waals surface area contributed by atoms with E-state index >= 15 is 0 Å². The molecular formula is C51H82O6. The topological polar surface area (TPSA) is 78.9 Å². The number of allylic oxidation sites excluding steroid dienone is 16. The molecule has 6 nitrogen and oxygen atoms in total. The highest BCUT2D eigenvalue weighted by Gasteiger charge is 2.19. The van der Waals surface area contributed by atoms with Crippen LogP contribution in [0.3, 0.4) is 0 Å². The first-order valence-electron chi connectivity index (χ1n) is 22.7. The van der Waals surface area contributed by atoms with Crippen molar-refractivity contribution in [3.8, 4) is 0 Å². The SMILES string of the molecule is CC/C=C\C/C=C\C/C=C\C/C=C\C/C=C\C/C=C\CCC(=O)OCC(COC(=O)CCCC/C=C\C/C=C\CC)OC(=O)CCCCCCCCCCCCC. The van der Waals surface area contributed by atoms with Gasteiger partial charge in [0.05, 0.1) is 0 Å². The van der Waals surface area contributed by atoms with Crippen LogP contribution in [0, 0.1) is 0 Å². The van der Waals surface area contributed by atoms with E-state index in [0.29, 0.717) is 19.3 Å². The van der Waals surface area contributed by atoms with Crippen LogP contribution in [-0.4, -0.2) is 37.2 Å². The molecule has 0 spiro atoms. The molecule has 0 aromatic carbocycles. The van der Waals surface area contributed by atoms with Crippen LogP contribution in [0.2, 0.25) is 0 Å². The zero-order valence-corrected chi connectivity index (χ0v) is 36.6. The zero-order chi connectivity index (χ0) is 41.5. The summed E-state index contributed by atoms with van der Waals surface area (Å²) in [6, 6.07) is 0. The van der Waals surface area contributed by atoms with Crippen molar-refractivity contribution >= 4 is 17.9 Å². The summed E-state index contributed by atoms with van der Waals surface area (Å²) < 4.78 is 16.6. The number of carbonyl (C=O) groups excluding carboxylic acids is 3. The van der Waals surface area contributed by atoms with Crippen molar-refractivity contribution in [2.75, 3.05) is 13.2 Å². The molecule has 0 saturated heterocycles. The van der Waals surface area contributed by atoms with E-state index in [9.17, 15) is 14.4 Å². The third kappa shape index (κ3) is 43.3. The van der Waals surface area contributed by atoms with E-state index < -0.39 is 6.10 Å². The van der Waals surface area contributed by atoms with Gasteiger partial charge in [-0.25, -0.2) is 0 Å². The number of unbranched alkanes of at least 4 members (excludes halogenated alkanes) is 12. The van der Waals surface area contributed by atoms with Crippen molar-refractivity contribution in [3.05, 3.63) is 97.2 Å². The van der Waals surface area contributed by atoms with Gasteiger partial charge >= 0.3 is 17.9 Å². The van der Waals surface area contributed by atoms with E-state index in [0.717, 1.165) is 89.9 Å². The number of hydrogen-bond donors (Lipinski definition) is 0. The average Bonchev–Trinajstić information content (AvgIpc) is 3.21. The predicted octanol–water partition coefficient (Wildman–Crippen LogP) is 14.6. The van der Waals surface area contributed by atoms with Gasteiger partial charge in [-0.05, 0) is 83.5 Å². The standard InChI is InChI=1S/C51H82O6/c1-4-7-10-13-16-19-21-22-23-24-25-26-27-28-30-32-35-38-41-44-50(53)56-47-48(46-55-49(52)43-40-37-34-31-18-15-12-9-6-3)57-51(54)45-42-39-36-33-29-20-17-14-11-8-5-2/h7,9-10,12,16,18-19,22-23,25-26,28,30-31,35,38,48H,4-6,8,11,13-15,17,20-21,24,27,29,32-34,36-37,39-47H2,1-3H3/b10-7-,12-9-,19-16-,23-22-,26-25-,30-28-,31-18-,38-35-. The first-order valence-corrected chi connectivity index (χ1v) is 22.7. The molecule has 0 amide bonds. The highest BCUT2D eigenvalue weighted by molar-refractivity contribution is 5.71.